The normalized spacial score (nSPS) is 16.6. The first-order valence-electron chi connectivity index (χ1n) is 8.16. The minimum Gasteiger partial charge on any atom is -0.381 e. The van der Waals surface area contributed by atoms with Gasteiger partial charge >= 0.3 is 0 Å². The SMILES string of the molecule is N#Cc1ccc(N2CC[C@@H](NC(=O)c3c(N)nn4cccnc34)C2)nc1. The Morgan fingerprint density at radius 1 is 1.38 bits per heavy atom. The number of anilines is 2. The number of hydrogen-bond acceptors (Lipinski definition) is 7. The topological polar surface area (TPSA) is 125 Å². The summed E-state index contributed by atoms with van der Waals surface area (Å²) in [5, 5.41) is 16.0. The maximum atomic E-state index is 12.7. The molecule has 9 heteroatoms. The standard InChI is InChI=1S/C17H16N8O/c18-8-11-2-3-13(21-9-11)24-7-4-12(10-24)22-17(26)14-15(19)23-25-6-1-5-20-16(14)25/h1-3,5-6,9,12H,4,7,10H2,(H2,19,23)(H,22,26)/t12-/m1/s1. The zero-order valence-electron chi connectivity index (χ0n) is 13.8. The van der Waals surface area contributed by atoms with Crippen LogP contribution in [0.5, 0.6) is 0 Å². The van der Waals surface area contributed by atoms with Crippen molar-refractivity contribution in [3.8, 4) is 6.07 Å². The van der Waals surface area contributed by atoms with E-state index in [9.17, 15) is 4.79 Å². The van der Waals surface area contributed by atoms with E-state index in [0.29, 0.717) is 23.3 Å². The van der Waals surface area contributed by atoms with Crippen molar-refractivity contribution in [3.63, 3.8) is 0 Å². The summed E-state index contributed by atoms with van der Waals surface area (Å²) in [5.41, 5.74) is 7.15. The molecule has 0 saturated carbocycles. The van der Waals surface area contributed by atoms with Gasteiger partial charge in [0.05, 0.1) is 5.56 Å². The third-order valence-corrected chi connectivity index (χ3v) is 4.37. The molecule has 1 aliphatic heterocycles. The number of nitrogens with two attached hydrogens (primary N) is 1. The predicted molar refractivity (Wildman–Crippen MR) is 94.4 cm³/mol. The van der Waals surface area contributed by atoms with Gasteiger partial charge in [0.1, 0.15) is 17.5 Å². The van der Waals surface area contributed by atoms with Gasteiger partial charge in [-0.15, -0.1) is 5.10 Å². The summed E-state index contributed by atoms with van der Waals surface area (Å²) in [5.74, 6) is 0.665. The van der Waals surface area contributed by atoms with Crippen LogP contribution in [0.3, 0.4) is 0 Å². The van der Waals surface area contributed by atoms with Crippen LogP contribution in [0.25, 0.3) is 5.65 Å². The van der Waals surface area contributed by atoms with Crippen molar-refractivity contribution >= 4 is 23.2 Å². The van der Waals surface area contributed by atoms with Gasteiger partial charge in [0.2, 0.25) is 0 Å². The molecular formula is C17H16N8O. The van der Waals surface area contributed by atoms with Crippen molar-refractivity contribution in [3.05, 3.63) is 47.9 Å². The largest absolute Gasteiger partial charge is 0.381 e. The molecule has 0 spiro atoms. The molecular weight excluding hydrogens is 332 g/mol. The lowest BCUT2D eigenvalue weighted by atomic mass is 10.2. The second kappa shape index (κ2) is 6.33. The van der Waals surface area contributed by atoms with Crippen molar-refractivity contribution in [2.75, 3.05) is 23.7 Å². The smallest absolute Gasteiger partial charge is 0.259 e. The average Bonchev–Trinajstić information content (AvgIpc) is 3.25. The van der Waals surface area contributed by atoms with Gasteiger partial charge in [-0.25, -0.2) is 14.5 Å². The second-order valence-electron chi connectivity index (χ2n) is 6.07. The van der Waals surface area contributed by atoms with Gasteiger partial charge < -0.3 is 16.0 Å². The van der Waals surface area contributed by atoms with Crippen LogP contribution in [0.4, 0.5) is 11.6 Å². The Morgan fingerprint density at radius 2 is 2.27 bits per heavy atom. The minimum absolute atomic E-state index is 0.0296. The number of hydrogen-bond donors (Lipinski definition) is 2. The number of aromatic nitrogens is 4. The highest BCUT2D eigenvalue weighted by Gasteiger charge is 2.27. The van der Waals surface area contributed by atoms with Crippen LogP contribution in [-0.2, 0) is 0 Å². The summed E-state index contributed by atoms with van der Waals surface area (Å²) in [6.07, 6.45) is 5.64. The van der Waals surface area contributed by atoms with Crippen LogP contribution >= 0.6 is 0 Å². The molecule has 4 heterocycles. The van der Waals surface area contributed by atoms with Gasteiger partial charge in [-0.1, -0.05) is 0 Å². The van der Waals surface area contributed by atoms with Crippen LogP contribution in [0.1, 0.15) is 22.3 Å². The molecule has 1 amide bonds. The number of nitrogens with zero attached hydrogens (tertiary/aromatic N) is 6. The first kappa shape index (κ1) is 15.8. The number of pyridine rings is 1. The Morgan fingerprint density at radius 3 is 3.04 bits per heavy atom. The molecule has 1 aliphatic rings. The molecule has 0 bridgehead atoms. The van der Waals surface area contributed by atoms with Crippen LogP contribution in [0, 0.1) is 11.3 Å². The molecule has 0 radical (unpaired) electrons. The molecule has 3 aromatic rings. The van der Waals surface area contributed by atoms with Gasteiger partial charge in [-0.05, 0) is 24.6 Å². The molecule has 1 saturated heterocycles. The first-order chi connectivity index (χ1) is 12.7. The van der Waals surface area contributed by atoms with E-state index < -0.39 is 0 Å². The summed E-state index contributed by atoms with van der Waals surface area (Å²) in [6.45, 7) is 1.41. The molecule has 0 aliphatic carbocycles. The third-order valence-electron chi connectivity index (χ3n) is 4.37. The number of nitrogen functional groups attached to an aromatic ring is 1. The van der Waals surface area contributed by atoms with Crippen LogP contribution in [0.15, 0.2) is 36.8 Å². The van der Waals surface area contributed by atoms with Gasteiger partial charge in [0.25, 0.3) is 5.91 Å². The molecule has 0 unspecified atom stereocenters. The molecule has 1 fully saturated rings. The molecule has 9 nitrogen and oxygen atoms in total. The molecule has 3 N–H and O–H groups in total. The number of nitriles is 1. The highest BCUT2D eigenvalue weighted by molar-refractivity contribution is 6.04. The minimum atomic E-state index is -0.282. The predicted octanol–water partition coefficient (Wildman–Crippen LogP) is 0.587. The monoisotopic (exact) mass is 348 g/mol. The lowest BCUT2D eigenvalue weighted by Crippen LogP contribution is -2.37. The van der Waals surface area contributed by atoms with Crippen LogP contribution < -0.4 is 16.0 Å². The van der Waals surface area contributed by atoms with E-state index in [2.05, 4.69) is 31.4 Å². The van der Waals surface area contributed by atoms with Crippen LogP contribution in [0.2, 0.25) is 0 Å². The summed E-state index contributed by atoms with van der Waals surface area (Å²) < 4.78 is 1.49. The highest BCUT2D eigenvalue weighted by atomic mass is 16.1. The maximum absolute atomic E-state index is 12.7. The van der Waals surface area contributed by atoms with Gasteiger partial charge in [-0.3, -0.25) is 4.79 Å². The number of carbonyl (C=O) groups is 1. The van der Waals surface area contributed by atoms with E-state index in [0.717, 1.165) is 18.8 Å². The quantitative estimate of drug-likeness (QED) is 0.709. The van der Waals surface area contributed by atoms with E-state index in [1.54, 1.807) is 30.7 Å². The summed E-state index contributed by atoms with van der Waals surface area (Å²) >= 11 is 0. The van der Waals surface area contributed by atoms with Crippen molar-refractivity contribution in [2.45, 2.75) is 12.5 Å². The Balaban J connectivity index is 1.47. The van der Waals surface area contributed by atoms with E-state index >= 15 is 0 Å². The van der Waals surface area contributed by atoms with Crippen LogP contribution in [-0.4, -0.2) is 44.6 Å². The second-order valence-corrected chi connectivity index (χ2v) is 6.07. The van der Waals surface area contributed by atoms with Gasteiger partial charge in [0.15, 0.2) is 11.5 Å². The maximum Gasteiger partial charge on any atom is 0.259 e. The zero-order valence-corrected chi connectivity index (χ0v) is 13.8. The average molecular weight is 348 g/mol. The van der Waals surface area contributed by atoms with E-state index in [-0.39, 0.29) is 17.8 Å². The Bertz CT molecular complexity index is 1000. The number of fused-ring (bicyclic) bond motifs is 1. The van der Waals surface area contributed by atoms with E-state index in [4.69, 9.17) is 11.0 Å². The van der Waals surface area contributed by atoms with Gasteiger partial charge in [0, 0.05) is 37.7 Å². The first-order valence-corrected chi connectivity index (χ1v) is 8.16. The lowest BCUT2D eigenvalue weighted by Gasteiger charge is -2.17. The summed E-state index contributed by atoms with van der Waals surface area (Å²) in [4.78, 5) is 23.2. The molecule has 3 aromatic heterocycles. The Hall–Kier alpha value is -3.67. The Kier molecular flexibility index (Phi) is 3.85. The lowest BCUT2D eigenvalue weighted by molar-refractivity contribution is 0.0942. The number of amides is 1. The summed E-state index contributed by atoms with van der Waals surface area (Å²) in [7, 11) is 0. The summed E-state index contributed by atoms with van der Waals surface area (Å²) in [6, 6.07) is 7.30. The number of carbonyl (C=O) groups excluding carboxylic acids is 1. The molecule has 130 valence electrons. The van der Waals surface area contributed by atoms with Crippen molar-refractivity contribution in [1.82, 2.24) is 24.9 Å². The van der Waals surface area contributed by atoms with Crippen molar-refractivity contribution in [2.24, 2.45) is 0 Å². The number of nitrogens with one attached hydrogen (secondary N) is 1. The third kappa shape index (κ3) is 2.77. The number of rotatable bonds is 3. The highest BCUT2D eigenvalue weighted by Crippen LogP contribution is 2.20. The fourth-order valence-electron chi connectivity index (χ4n) is 3.10. The fraction of sp³-hybridized carbons (Fsp3) is 0.235. The molecule has 1 atom stereocenters. The van der Waals surface area contributed by atoms with E-state index in [1.807, 2.05) is 6.07 Å². The van der Waals surface area contributed by atoms with Crippen molar-refractivity contribution < 1.29 is 4.79 Å². The Labute approximate surface area is 149 Å². The van der Waals surface area contributed by atoms with E-state index in [1.165, 1.54) is 4.52 Å². The fourth-order valence-corrected chi connectivity index (χ4v) is 3.10. The zero-order chi connectivity index (χ0) is 18.1. The van der Waals surface area contributed by atoms with Crippen molar-refractivity contribution in [1.29, 1.82) is 5.26 Å². The molecule has 4 rings (SSSR count). The van der Waals surface area contributed by atoms with Gasteiger partial charge in [-0.2, -0.15) is 5.26 Å². The molecule has 0 aromatic carbocycles. The molecule has 26 heavy (non-hydrogen) atoms.